The average Bonchev–Trinajstić information content (AvgIpc) is 2.61. The van der Waals surface area contributed by atoms with Gasteiger partial charge in [-0.1, -0.05) is 10.3 Å². The monoisotopic (exact) mass is 486 g/mol. The summed E-state index contributed by atoms with van der Waals surface area (Å²) >= 11 is 0. The highest BCUT2D eigenvalue weighted by Gasteiger charge is 2.02. The van der Waals surface area contributed by atoms with Crippen LogP contribution in [-0.2, 0) is 13.1 Å². The van der Waals surface area contributed by atoms with E-state index >= 15 is 0 Å². The molecule has 0 amide bonds. The number of hydrogen-bond donors (Lipinski definition) is 2. The molecule has 0 atom stereocenters. The van der Waals surface area contributed by atoms with Gasteiger partial charge in [-0.3, -0.25) is 0 Å². The Hall–Kier alpha value is -1.80. The van der Waals surface area contributed by atoms with Crippen molar-refractivity contribution in [2.24, 2.45) is 10.3 Å². The summed E-state index contributed by atoms with van der Waals surface area (Å²) in [5.41, 5.74) is 1.78. The van der Waals surface area contributed by atoms with Crippen LogP contribution < -0.4 is 43.1 Å². The molecule has 0 saturated carbocycles. The van der Waals surface area contributed by atoms with Crippen molar-refractivity contribution in [2.45, 2.75) is 38.8 Å². The Balaban J connectivity index is 0.00000312. The van der Waals surface area contributed by atoms with Gasteiger partial charge in [-0.05, 0) is 12.8 Å². The Morgan fingerprint density at radius 3 is 1.31 bits per heavy atom. The number of halogens is 2. The van der Waals surface area contributed by atoms with E-state index in [4.69, 9.17) is 10.4 Å². The van der Waals surface area contributed by atoms with Crippen LogP contribution in [0, 0.1) is 0 Å². The van der Waals surface area contributed by atoms with E-state index in [0.29, 0.717) is 0 Å². The standard InChI is InChI=1S/C18H22N4O2.2BrH/c23-19-15-17-5-11-21(12-6-17)9-3-1-2-4-10-22-13-7-18(8-14-22)16-20-24;;/h5-8,11-16H,1-4,9-10H2;2*1H. The number of rotatable bonds is 9. The third-order valence-corrected chi connectivity index (χ3v) is 3.83. The number of unbranched alkanes of at least 4 members (excludes halogenated alkanes) is 3. The smallest absolute Gasteiger partial charge is 0.169 e. The zero-order valence-electron chi connectivity index (χ0n) is 14.5. The number of aryl methyl sites for hydroxylation is 2. The van der Waals surface area contributed by atoms with Gasteiger partial charge in [0.2, 0.25) is 0 Å². The highest BCUT2D eigenvalue weighted by Crippen LogP contribution is 2.00. The quantitative estimate of drug-likeness (QED) is 0.125. The average molecular weight is 488 g/mol. The molecular formula is C18H24Br2N4O2. The molecule has 0 spiro atoms. The van der Waals surface area contributed by atoms with Crippen LogP contribution in [0.2, 0.25) is 0 Å². The number of aromatic nitrogens is 2. The lowest BCUT2D eigenvalue weighted by Crippen LogP contribution is -3.00. The number of pyridine rings is 2. The summed E-state index contributed by atoms with van der Waals surface area (Å²) in [6, 6.07) is 7.73. The van der Waals surface area contributed by atoms with Crippen LogP contribution in [0.4, 0.5) is 0 Å². The molecule has 0 aliphatic heterocycles. The topological polar surface area (TPSA) is 72.9 Å². The van der Waals surface area contributed by atoms with Gasteiger partial charge >= 0.3 is 0 Å². The van der Waals surface area contributed by atoms with Crippen molar-refractivity contribution in [1.29, 1.82) is 0 Å². The van der Waals surface area contributed by atoms with E-state index in [-0.39, 0.29) is 34.0 Å². The van der Waals surface area contributed by atoms with Crippen LogP contribution in [0.15, 0.2) is 59.4 Å². The molecule has 8 heteroatoms. The normalized spacial score (nSPS) is 10.6. The van der Waals surface area contributed by atoms with Crippen LogP contribution in [-0.4, -0.2) is 22.8 Å². The van der Waals surface area contributed by atoms with Crippen LogP contribution in [0.1, 0.15) is 36.8 Å². The zero-order valence-corrected chi connectivity index (χ0v) is 17.6. The molecule has 26 heavy (non-hydrogen) atoms. The molecule has 2 aromatic rings. The molecule has 0 bridgehead atoms. The number of hydrogen-bond acceptors (Lipinski definition) is 4. The van der Waals surface area contributed by atoms with Crippen LogP contribution in [0.3, 0.4) is 0 Å². The summed E-state index contributed by atoms with van der Waals surface area (Å²) in [6.45, 7) is 2.00. The van der Waals surface area contributed by atoms with E-state index in [0.717, 1.165) is 37.1 Å². The molecule has 0 fully saturated rings. The highest BCUT2D eigenvalue weighted by atomic mass is 79.9. The number of nitrogens with zero attached hydrogens (tertiary/aromatic N) is 4. The van der Waals surface area contributed by atoms with Crippen LogP contribution in [0.5, 0.6) is 0 Å². The summed E-state index contributed by atoms with van der Waals surface area (Å²) in [6.07, 6.45) is 15.5. The molecule has 6 nitrogen and oxygen atoms in total. The Labute approximate surface area is 175 Å². The fourth-order valence-electron chi connectivity index (χ4n) is 2.48. The van der Waals surface area contributed by atoms with Crippen molar-refractivity contribution < 1.29 is 53.5 Å². The van der Waals surface area contributed by atoms with E-state index in [9.17, 15) is 0 Å². The molecule has 0 aliphatic rings. The molecule has 0 radical (unpaired) electrons. The van der Waals surface area contributed by atoms with E-state index < -0.39 is 0 Å². The molecule has 2 N–H and O–H groups in total. The molecule has 2 rings (SSSR count). The first-order valence-electron chi connectivity index (χ1n) is 8.15. The van der Waals surface area contributed by atoms with E-state index in [1.54, 1.807) is 0 Å². The van der Waals surface area contributed by atoms with Crippen LogP contribution >= 0.6 is 0 Å². The summed E-state index contributed by atoms with van der Waals surface area (Å²) in [5, 5.41) is 23.0. The third kappa shape index (κ3) is 9.05. The predicted molar refractivity (Wildman–Crippen MR) is 90.5 cm³/mol. The van der Waals surface area contributed by atoms with Gasteiger partial charge in [-0.25, -0.2) is 9.13 Å². The fourth-order valence-corrected chi connectivity index (χ4v) is 2.48. The van der Waals surface area contributed by atoms with Crippen molar-refractivity contribution >= 4 is 12.4 Å². The maximum atomic E-state index is 8.48. The van der Waals surface area contributed by atoms with Gasteiger partial charge in [-0.2, -0.15) is 0 Å². The van der Waals surface area contributed by atoms with Crippen molar-refractivity contribution in [3.8, 4) is 0 Å². The first-order chi connectivity index (χ1) is 11.8. The molecule has 0 aromatic carbocycles. The van der Waals surface area contributed by atoms with Gasteiger partial charge in [0.05, 0.1) is 12.4 Å². The lowest BCUT2D eigenvalue weighted by molar-refractivity contribution is -0.698. The van der Waals surface area contributed by atoms with E-state index in [1.807, 2.05) is 49.1 Å². The van der Waals surface area contributed by atoms with Crippen molar-refractivity contribution in [3.05, 3.63) is 60.2 Å². The fraction of sp³-hybridized carbons (Fsp3) is 0.333. The second-order valence-corrected chi connectivity index (χ2v) is 5.64. The summed E-state index contributed by atoms with van der Waals surface area (Å²) < 4.78 is 4.29. The summed E-state index contributed by atoms with van der Waals surface area (Å²) in [7, 11) is 0. The lowest BCUT2D eigenvalue weighted by Gasteiger charge is -1.99. The van der Waals surface area contributed by atoms with Gasteiger partial charge in [0.1, 0.15) is 13.1 Å². The number of oxime groups is 2. The molecule has 0 unspecified atom stereocenters. The predicted octanol–water partition coefficient (Wildman–Crippen LogP) is -3.85. The Kier molecular flexibility index (Phi) is 13.4. The minimum absolute atomic E-state index is 0. The van der Waals surface area contributed by atoms with Crippen molar-refractivity contribution in [2.75, 3.05) is 0 Å². The minimum Gasteiger partial charge on any atom is -1.00 e. The third-order valence-electron chi connectivity index (χ3n) is 3.83. The zero-order chi connectivity index (χ0) is 17.0. The van der Waals surface area contributed by atoms with Gasteiger partial charge in [-0.15, -0.1) is 0 Å². The van der Waals surface area contributed by atoms with Crippen molar-refractivity contribution in [1.82, 2.24) is 0 Å². The first kappa shape index (κ1) is 24.2. The Bertz CT molecular complexity index is 602. The molecule has 142 valence electrons. The first-order valence-corrected chi connectivity index (χ1v) is 8.15. The van der Waals surface area contributed by atoms with Gasteiger partial charge in [0.15, 0.2) is 24.8 Å². The van der Waals surface area contributed by atoms with Gasteiger partial charge < -0.3 is 44.4 Å². The lowest BCUT2D eigenvalue weighted by atomic mass is 10.2. The van der Waals surface area contributed by atoms with E-state index in [2.05, 4.69) is 19.4 Å². The molecule has 2 aromatic heterocycles. The van der Waals surface area contributed by atoms with Crippen LogP contribution in [0.25, 0.3) is 0 Å². The van der Waals surface area contributed by atoms with Gasteiger partial charge in [0.25, 0.3) is 0 Å². The maximum Gasteiger partial charge on any atom is 0.169 e. The highest BCUT2D eigenvalue weighted by molar-refractivity contribution is 5.78. The second-order valence-electron chi connectivity index (χ2n) is 5.64. The molecular weight excluding hydrogens is 464 g/mol. The maximum absolute atomic E-state index is 8.48. The molecule has 0 aliphatic carbocycles. The largest absolute Gasteiger partial charge is 1.00 e. The summed E-state index contributed by atoms with van der Waals surface area (Å²) in [5.74, 6) is 0. The second kappa shape index (κ2) is 14.4. The van der Waals surface area contributed by atoms with Crippen molar-refractivity contribution in [3.63, 3.8) is 0 Å². The summed E-state index contributed by atoms with van der Waals surface area (Å²) in [4.78, 5) is 0. The van der Waals surface area contributed by atoms with E-state index in [1.165, 1.54) is 25.3 Å². The molecule has 0 saturated heterocycles. The molecule has 2 heterocycles. The minimum atomic E-state index is 0. The van der Waals surface area contributed by atoms with Gasteiger partial charge in [0, 0.05) is 48.2 Å². The SMILES string of the molecule is O/N=C/c1cc[n+](CCCCCC[n+]2ccc(/C=N/O)cc2)cc1.[Br-].[Br-]. The Morgan fingerprint density at radius 2 is 1.00 bits per heavy atom. The Morgan fingerprint density at radius 1 is 0.654 bits per heavy atom.